The van der Waals surface area contributed by atoms with Gasteiger partial charge in [-0.25, -0.2) is 13.5 Å². The molecule has 0 radical (unpaired) electrons. The zero-order valence-electron chi connectivity index (χ0n) is 86.5. The van der Waals surface area contributed by atoms with Crippen LogP contribution in [-0.4, -0.2) is 127 Å². The molecule has 0 bridgehead atoms. The summed E-state index contributed by atoms with van der Waals surface area (Å²) < 4.78 is 102. The fraction of sp³-hybridized carbons (Fsp3) is 0.651. The Morgan fingerprint density at radius 3 is 0.851 bits per heavy atom. The Bertz CT molecular complexity index is 4250. The summed E-state index contributed by atoms with van der Waals surface area (Å²) in [7, 11) is -11.3. The molecular weight excluding hydrogens is 1740 g/mol. The highest BCUT2D eigenvalue weighted by molar-refractivity contribution is 7.61. The van der Waals surface area contributed by atoms with Gasteiger partial charge in [0.2, 0.25) is 12.2 Å². The van der Waals surface area contributed by atoms with Gasteiger partial charge in [0, 0.05) is 41.5 Å². The molecule has 0 aromatic rings. The lowest BCUT2D eigenvalue weighted by Crippen LogP contribution is -2.69. The maximum absolute atomic E-state index is 16.8. The Labute approximate surface area is 807 Å². The molecule has 2 rings (SSSR count). The van der Waals surface area contributed by atoms with E-state index in [0.717, 1.165) is 228 Å². The number of esters is 5. The maximum Gasteiger partial charge on any atom is 0.483 e. The number of phosphoric ester groups is 2. The molecule has 0 saturated carbocycles. The first kappa shape index (κ1) is 123. The standard InChI is InChI=1S/C109H174FNO21P2/c1-77(2)41-25-42-78(3)43-26-44-79(4)45-27-46-80(5)47-28-48-81(6)49-29-50-82(7)51-30-52-83(8)53-31-54-84(9)55-32-56-85(10)57-33-58-86(11)59-34-60-87(12)61-35-62-88(13)63-36-64-89(14)65-37-66-90(15)67-38-68-91(16)69-39-70-92(17)71-40-72-93(18)73-74-124-133(118,119)132-134(120,121)131-108-102(110)106(126-98(23)116)104(100(128-108)75-122-95(20)113)130-109-103(111-94(19)112)107(127-99(24)117)105(125-97(22)115)101(129-109)76-123-96(21)114/h41,43,45,47,49,51,53,55,57,59,61,63,65,67,69,71,93,100-109H,25-40,42,44,46,48,50,52,54,56,58,60,62,64,66,68,70,72-76H2,1-24H3,(H,111,112)(H,118,119)(H,120,121)/b78-43+,79-45+,80-47-,81-49-,82-51-,83-53-,84-55-,85-57-,86-59-,87-61-,88-63-,89-65-,90-67-,91-69-,92-71-/t93-,100+,101+,102+,103+,104+,105+,106+,107+,108+,109-/m0/s1. The number of allylic oxidation sites excluding steroid dienone is 32. The van der Waals surface area contributed by atoms with Crippen LogP contribution in [0.5, 0.6) is 0 Å². The van der Waals surface area contributed by atoms with E-state index in [1.165, 1.54) is 102 Å². The van der Waals surface area contributed by atoms with E-state index in [0.29, 0.717) is 6.42 Å². The van der Waals surface area contributed by atoms with Crippen molar-refractivity contribution in [2.75, 3.05) is 19.8 Å². The minimum Gasteiger partial charge on any atom is -0.463 e. The minimum atomic E-state index is -5.86. The van der Waals surface area contributed by atoms with Crippen LogP contribution in [0.4, 0.5) is 4.39 Å². The van der Waals surface area contributed by atoms with Gasteiger partial charge in [-0.2, -0.15) is 4.31 Å². The van der Waals surface area contributed by atoms with Crippen LogP contribution in [-0.2, 0) is 89.2 Å². The Hall–Kier alpha value is -7.27. The third-order valence-corrected chi connectivity index (χ3v) is 26.3. The van der Waals surface area contributed by atoms with Crippen molar-refractivity contribution in [2.45, 2.75) is 439 Å². The van der Waals surface area contributed by atoms with Crippen molar-refractivity contribution in [3.8, 4) is 0 Å². The van der Waals surface area contributed by atoms with Crippen LogP contribution in [0.15, 0.2) is 186 Å². The lowest BCUT2D eigenvalue weighted by Gasteiger charge is -2.48. The minimum absolute atomic E-state index is 0.0337. The normalized spacial score (nSPS) is 21.7. The third kappa shape index (κ3) is 61.1. The van der Waals surface area contributed by atoms with Crippen LogP contribution in [0.25, 0.3) is 0 Å². The van der Waals surface area contributed by atoms with Crippen molar-refractivity contribution in [1.82, 2.24) is 5.32 Å². The van der Waals surface area contributed by atoms with Crippen LogP contribution in [0.3, 0.4) is 0 Å². The largest absolute Gasteiger partial charge is 0.483 e. The highest BCUT2D eigenvalue weighted by Crippen LogP contribution is 2.62. The molecule has 2 fully saturated rings. The molecule has 2 heterocycles. The summed E-state index contributed by atoms with van der Waals surface area (Å²) in [5.41, 5.74) is 23.3. The van der Waals surface area contributed by atoms with E-state index < -0.39 is 133 Å². The lowest BCUT2D eigenvalue weighted by atomic mass is 9.95. The van der Waals surface area contributed by atoms with Gasteiger partial charge in [0.1, 0.15) is 37.6 Å². The molecular formula is C109H174FNO21P2. The number of rotatable bonds is 66. The molecule has 2 aliphatic rings. The first-order chi connectivity index (χ1) is 63.2. The predicted octanol–water partition coefficient (Wildman–Crippen LogP) is 28.5. The van der Waals surface area contributed by atoms with Crippen molar-refractivity contribution in [1.29, 1.82) is 0 Å². The summed E-state index contributed by atoms with van der Waals surface area (Å²) in [5, 5.41) is 2.46. The number of carbonyl (C=O) groups is 6. The Kier molecular flexibility index (Phi) is 63.7. The van der Waals surface area contributed by atoms with Crippen LogP contribution >= 0.6 is 15.6 Å². The molecule has 22 nitrogen and oxygen atoms in total. The van der Waals surface area contributed by atoms with E-state index in [-0.39, 0.29) is 12.3 Å². The molecule has 2 unspecified atom stereocenters. The molecule has 3 N–H and O–H groups in total. The Morgan fingerprint density at radius 2 is 0.582 bits per heavy atom. The van der Waals surface area contributed by atoms with Crippen LogP contribution in [0, 0.1) is 5.92 Å². The van der Waals surface area contributed by atoms with Crippen molar-refractivity contribution in [2.24, 2.45) is 5.92 Å². The van der Waals surface area contributed by atoms with Crippen LogP contribution in [0.1, 0.15) is 378 Å². The number of halogens is 1. The summed E-state index contributed by atoms with van der Waals surface area (Å²) in [6, 6.07) is -1.64. The number of phosphoric acid groups is 2. The average Bonchev–Trinajstić information content (AvgIpc) is 0.764. The lowest BCUT2D eigenvalue weighted by molar-refractivity contribution is -0.334. The molecule has 0 aromatic heterocycles. The molecule has 0 aliphatic carbocycles. The van der Waals surface area contributed by atoms with Crippen LogP contribution in [0.2, 0.25) is 0 Å². The van der Waals surface area contributed by atoms with Gasteiger partial charge >= 0.3 is 45.5 Å². The van der Waals surface area contributed by atoms with E-state index in [1.807, 2.05) is 6.92 Å². The predicted molar refractivity (Wildman–Crippen MR) is 540 cm³/mol. The number of amides is 1. The van der Waals surface area contributed by atoms with E-state index in [4.69, 9.17) is 46.9 Å². The molecule has 2 saturated heterocycles. The van der Waals surface area contributed by atoms with E-state index in [1.54, 1.807) is 0 Å². The fourth-order valence-corrected chi connectivity index (χ4v) is 17.7. The first-order valence-electron chi connectivity index (χ1n) is 49.1. The highest BCUT2D eigenvalue weighted by Gasteiger charge is 2.58. The van der Waals surface area contributed by atoms with Crippen molar-refractivity contribution >= 4 is 51.4 Å². The van der Waals surface area contributed by atoms with Gasteiger partial charge in [-0.3, -0.25) is 37.8 Å². The van der Waals surface area contributed by atoms with E-state index in [9.17, 15) is 47.7 Å². The third-order valence-electron chi connectivity index (χ3n) is 23.7. The average molecular weight is 1920 g/mol. The van der Waals surface area contributed by atoms with Crippen molar-refractivity contribution in [3.05, 3.63) is 186 Å². The number of ether oxygens (including phenoxy) is 8. The van der Waals surface area contributed by atoms with Crippen molar-refractivity contribution < 1.29 is 103 Å². The first-order valence-corrected chi connectivity index (χ1v) is 52.0. The molecule has 134 heavy (non-hydrogen) atoms. The highest BCUT2D eigenvalue weighted by atomic mass is 31.3. The molecule has 25 heteroatoms. The number of nitrogens with one attached hydrogen (secondary N) is 1. The smallest absolute Gasteiger partial charge is 0.463 e. The summed E-state index contributed by atoms with van der Waals surface area (Å²) in [6.45, 7) is 44.2. The van der Waals surface area contributed by atoms with Gasteiger partial charge in [-0.1, -0.05) is 193 Å². The monoisotopic (exact) mass is 1910 g/mol. The van der Waals surface area contributed by atoms with Crippen molar-refractivity contribution in [3.63, 3.8) is 0 Å². The van der Waals surface area contributed by atoms with Crippen LogP contribution < -0.4 is 5.32 Å². The second-order valence-corrected chi connectivity index (χ2v) is 40.7. The maximum atomic E-state index is 16.8. The molecule has 2 aliphatic heterocycles. The summed E-state index contributed by atoms with van der Waals surface area (Å²) in [5.74, 6) is -5.61. The van der Waals surface area contributed by atoms with Gasteiger partial charge in [0.05, 0.1) is 6.61 Å². The van der Waals surface area contributed by atoms with E-state index >= 15 is 4.39 Å². The van der Waals surface area contributed by atoms with E-state index in [2.05, 4.69) is 225 Å². The molecule has 0 spiro atoms. The topological polar surface area (TPSA) is 291 Å². The van der Waals surface area contributed by atoms with Gasteiger partial charge in [-0.05, 0) is 336 Å². The zero-order valence-corrected chi connectivity index (χ0v) is 88.3. The van der Waals surface area contributed by atoms with Gasteiger partial charge in [0.25, 0.3) is 0 Å². The van der Waals surface area contributed by atoms with Gasteiger partial charge in [-0.15, -0.1) is 0 Å². The molecule has 1 amide bonds. The molecule has 758 valence electrons. The molecule has 0 aromatic carbocycles. The quantitative estimate of drug-likeness (QED) is 0.0221. The number of hydrogen-bond donors (Lipinski definition) is 3. The second-order valence-electron chi connectivity index (χ2n) is 37.7. The summed E-state index contributed by atoms with van der Waals surface area (Å²) >= 11 is 0. The number of hydrogen-bond acceptors (Lipinski definition) is 19. The summed E-state index contributed by atoms with van der Waals surface area (Å²) in [6.07, 6.45) is 54.9. The second kappa shape index (κ2) is 69.5. The number of carbonyl (C=O) groups excluding carboxylic acids is 6. The van der Waals surface area contributed by atoms with Gasteiger partial charge < -0.3 is 53.0 Å². The fourth-order valence-electron chi connectivity index (χ4n) is 15.5. The summed E-state index contributed by atoms with van der Waals surface area (Å²) in [4.78, 5) is 95.5. The zero-order chi connectivity index (χ0) is 100. The molecule has 13 atom stereocenters. The van der Waals surface area contributed by atoms with Gasteiger partial charge in [0.15, 0.2) is 30.8 Å². The Morgan fingerprint density at radius 1 is 0.328 bits per heavy atom. The number of alkyl halides is 1. The Balaban J connectivity index is 1.70. The SMILES string of the molecule is CC(=O)N[C@H]1[C@H](O[C@H]2[C@H](OC(C)=O)[C@@H](F)[C@@H](OP(=O)(O)OP(=O)(O)OCC[C@@H](C)CC/C=C(/C)CC/C=C(/C)CC/C=C(/C)CC/C=C(/C)CC/C=C(/C)CC/C=C(/C)CC/C=C(/C)CC/C=C(/C)CC/C=C(/C)CC/C=C(/C)CC/C=C(/C)CC/C=C(/C)CC/C=C(/C)CC/C=C(\C)CC/C=C(\C)CCC=C(C)C)O[C@@H]2COC(C)=O)O[C@H](COC(C)=O)[C@@H](OC(C)=O)[C@@H]1OC(C)=O.